The molecule has 0 aromatic carbocycles. The number of ether oxygens (including phenoxy) is 1. The van der Waals surface area contributed by atoms with Gasteiger partial charge in [0.15, 0.2) is 0 Å². The van der Waals surface area contributed by atoms with Crippen LogP contribution >= 0.6 is 0 Å². The van der Waals surface area contributed by atoms with Gasteiger partial charge < -0.3 is 15.0 Å². The second-order valence-electron chi connectivity index (χ2n) is 7.63. The summed E-state index contributed by atoms with van der Waals surface area (Å²) in [6, 6.07) is 0.790. The van der Waals surface area contributed by atoms with E-state index in [0.29, 0.717) is 6.04 Å². The maximum Gasteiger partial charge on any atom is 0.410 e. The van der Waals surface area contributed by atoms with Gasteiger partial charge in [0.05, 0.1) is 6.54 Å². The zero-order valence-electron chi connectivity index (χ0n) is 14.8. The lowest BCUT2D eigenvalue weighted by molar-refractivity contribution is 0.0223. The van der Waals surface area contributed by atoms with Crippen LogP contribution in [0.2, 0.25) is 0 Å². The Morgan fingerprint density at radius 3 is 2.57 bits per heavy atom. The van der Waals surface area contributed by atoms with E-state index in [1.54, 1.807) is 0 Å². The second-order valence-corrected chi connectivity index (χ2v) is 7.63. The van der Waals surface area contributed by atoms with Gasteiger partial charge in [-0.2, -0.15) is 0 Å². The van der Waals surface area contributed by atoms with Gasteiger partial charge in [0.25, 0.3) is 0 Å². The molecule has 1 unspecified atom stereocenters. The number of nitrogens with zero attached hydrogens (tertiary/aromatic N) is 2. The van der Waals surface area contributed by atoms with Crippen molar-refractivity contribution in [2.45, 2.75) is 64.1 Å². The van der Waals surface area contributed by atoms with Gasteiger partial charge in [-0.05, 0) is 46.5 Å². The minimum atomic E-state index is -0.429. The minimum Gasteiger partial charge on any atom is -0.444 e. The number of rotatable bonds is 4. The van der Waals surface area contributed by atoms with Crippen LogP contribution in [0.15, 0.2) is 0 Å². The third kappa shape index (κ3) is 5.71. The summed E-state index contributed by atoms with van der Waals surface area (Å²) >= 11 is 0. The first kappa shape index (κ1) is 18.1. The third-order valence-corrected chi connectivity index (χ3v) is 4.55. The summed E-state index contributed by atoms with van der Waals surface area (Å²) in [5, 5.41) is 3.65. The first-order valence-corrected chi connectivity index (χ1v) is 8.78. The van der Waals surface area contributed by atoms with E-state index in [2.05, 4.69) is 16.1 Å². The Bertz CT molecular complexity index is 431. The molecule has 0 saturated carbocycles. The van der Waals surface area contributed by atoms with Gasteiger partial charge in [-0.15, -0.1) is 6.42 Å². The molecule has 5 nitrogen and oxygen atoms in total. The van der Waals surface area contributed by atoms with E-state index in [9.17, 15) is 4.79 Å². The molecule has 2 fully saturated rings. The highest BCUT2D eigenvalue weighted by atomic mass is 16.6. The summed E-state index contributed by atoms with van der Waals surface area (Å²) < 4.78 is 5.52. The Morgan fingerprint density at radius 2 is 1.96 bits per heavy atom. The largest absolute Gasteiger partial charge is 0.444 e. The Kier molecular flexibility index (Phi) is 6.32. The van der Waals surface area contributed by atoms with E-state index in [-0.39, 0.29) is 12.1 Å². The lowest BCUT2D eigenvalue weighted by Crippen LogP contribution is -2.48. The number of carbonyl (C=O) groups is 1. The maximum absolute atomic E-state index is 12.3. The van der Waals surface area contributed by atoms with Crippen LogP contribution in [0.1, 0.15) is 46.5 Å². The highest BCUT2D eigenvalue weighted by Gasteiger charge is 2.32. The van der Waals surface area contributed by atoms with Gasteiger partial charge in [-0.3, -0.25) is 4.90 Å². The molecule has 0 bridgehead atoms. The first-order chi connectivity index (χ1) is 10.9. The first-order valence-electron chi connectivity index (χ1n) is 8.78. The molecule has 1 atom stereocenters. The number of terminal acetylenes is 1. The summed E-state index contributed by atoms with van der Waals surface area (Å²) in [5.74, 6) is 2.71. The highest BCUT2D eigenvalue weighted by molar-refractivity contribution is 5.69. The van der Waals surface area contributed by atoms with Gasteiger partial charge >= 0.3 is 6.09 Å². The molecule has 0 aromatic rings. The molecule has 2 aliphatic rings. The van der Waals surface area contributed by atoms with Crippen LogP contribution in [-0.4, -0.2) is 66.3 Å². The molecule has 23 heavy (non-hydrogen) atoms. The SMILES string of the molecule is C#CCN1CCC(NCC2CCCN2C(=O)OC(C)(C)C)CC1. The predicted octanol–water partition coefficient (Wildman–Crippen LogP) is 2.07. The van der Waals surface area contributed by atoms with Crippen LogP contribution in [-0.2, 0) is 4.74 Å². The van der Waals surface area contributed by atoms with Gasteiger partial charge in [0.1, 0.15) is 5.60 Å². The van der Waals surface area contributed by atoms with Crippen molar-refractivity contribution in [1.29, 1.82) is 0 Å². The summed E-state index contributed by atoms with van der Waals surface area (Å²) in [6.45, 7) is 10.3. The van der Waals surface area contributed by atoms with Gasteiger partial charge in [0, 0.05) is 38.3 Å². The molecule has 130 valence electrons. The van der Waals surface area contributed by atoms with E-state index in [0.717, 1.165) is 58.4 Å². The predicted molar refractivity (Wildman–Crippen MR) is 92.3 cm³/mol. The lowest BCUT2D eigenvalue weighted by Gasteiger charge is -2.33. The van der Waals surface area contributed by atoms with Crippen molar-refractivity contribution < 1.29 is 9.53 Å². The van der Waals surface area contributed by atoms with Crippen molar-refractivity contribution in [3.05, 3.63) is 0 Å². The number of amides is 1. The molecule has 1 N–H and O–H groups in total. The van der Waals surface area contributed by atoms with Crippen molar-refractivity contribution in [2.75, 3.05) is 32.7 Å². The zero-order valence-corrected chi connectivity index (χ0v) is 14.8. The van der Waals surface area contributed by atoms with Gasteiger partial charge in [-0.1, -0.05) is 5.92 Å². The van der Waals surface area contributed by atoms with Crippen molar-refractivity contribution >= 4 is 6.09 Å². The van der Waals surface area contributed by atoms with Crippen LogP contribution < -0.4 is 5.32 Å². The highest BCUT2D eigenvalue weighted by Crippen LogP contribution is 2.21. The standard InChI is InChI=1S/C18H31N3O2/c1-5-10-20-12-8-15(9-13-20)19-14-16-7-6-11-21(16)17(22)23-18(2,3)4/h1,15-16,19H,6-14H2,2-4H3. The summed E-state index contributed by atoms with van der Waals surface area (Å²) in [6.07, 6.45) is 9.56. The van der Waals surface area contributed by atoms with E-state index in [4.69, 9.17) is 11.2 Å². The molecular formula is C18H31N3O2. The van der Waals surface area contributed by atoms with Crippen LogP contribution in [0.3, 0.4) is 0 Å². The Labute approximate surface area is 140 Å². The molecule has 0 radical (unpaired) electrons. The third-order valence-electron chi connectivity index (χ3n) is 4.55. The number of piperidine rings is 1. The monoisotopic (exact) mass is 321 g/mol. The molecule has 5 heteroatoms. The molecule has 0 aromatic heterocycles. The number of hydrogen-bond donors (Lipinski definition) is 1. The normalized spacial score (nSPS) is 23.7. The lowest BCUT2D eigenvalue weighted by atomic mass is 10.0. The number of nitrogens with one attached hydrogen (secondary N) is 1. The molecule has 0 spiro atoms. The van der Waals surface area contributed by atoms with Crippen LogP contribution in [0.4, 0.5) is 4.79 Å². The fourth-order valence-corrected chi connectivity index (χ4v) is 3.34. The smallest absolute Gasteiger partial charge is 0.410 e. The average molecular weight is 321 g/mol. The Morgan fingerprint density at radius 1 is 1.26 bits per heavy atom. The summed E-state index contributed by atoms with van der Waals surface area (Å²) in [4.78, 5) is 16.5. The van der Waals surface area contributed by atoms with Crippen molar-refractivity contribution in [2.24, 2.45) is 0 Å². The molecular weight excluding hydrogens is 290 g/mol. The fourth-order valence-electron chi connectivity index (χ4n) is 3.34. The number of carbonyl (C=O) groups excluding carboxylic acids is 1. The Hall–Kier alpha value is -1.25. The molecule has 2 heterocycles. The molecule has 2 aliphatic heterocycles. The summed E-state index contributed by atoms with van der Waals surface area (Å²) in [7, 11) is 0. The maximum atomic E-state index is 12.3. The van der Waals surface area contributed by atoms with Crippen LogP contribution in [0, 0.1) is 12.3 Å². The zero-order chi connectivity index (χ0) is 16.9. The topological polar surface area (TPSA) is 44.8 Å². The van der Waals surface area contributed by atoms with Gasteiger partial charge in [-0.25, -0.2) is 4.79 Å². The van der Waals surface area contributed by atoms with Crippen molar-refractivity contribution in [3.63, 3.8) is 0 Å². The van der Waals surface area contributed by atoms with Crippen molar-refractivity contribution in [1.82, 2.24) is 15.1 Å². The van der Waals surface area contributed by atoms with Crippen LogP contribution in [0.25, 0.3) is 0 Å². The second kappa shape index (κ2) is 8.03. The molecule has 1 amide bonds. The fraction of sp³-hybridized carbons (Fsp3) is 0.833. The van der Waals surface area contributed by atoms with Crippen LogP contribution in [0.5, 0.6) is 0 Å². The van der Waals surface area contributed by atoms with E-state index in [1.807, 2.05) is 25.7 Å². The summed E-state index contributed by atoms with van der Waals surface area (Å²) in [5.41, 5.74) is -0.429. The number of hydrogen-bond acceptors (Lipinski definition) is 4. The average Bonchev–Trinajstić information content (AvgIpc) is 2.94. The van der Waals surface area contributed by atoms with Crippen molar-refractivity contribution in [3.8, 4) is 12.3 Å². The van der Waals surface area contributed by atoms with Gasteiger partial charge in [0.2, 0.25) is 0 Å². The molecule has 2 rings (SSSR count). The van der Waals surface area contributed by atoms with E-state index >= 15 is 0 Å². The van der Waals surface area contributed by atoms with E-state index in [1.165, 1.54) is 0 Å². The molecule has 2 saturated heterocycles. The van der Waals surface area contributed by atoms with E-state index < -0.39 is 5.60 Å². The minimum absolute atomic E-state index is 0.175. The molecule has 0 aliphatic carbocycles. The quantitative estimate of drug-likeness (QED) is 0.805. The Balaban J connectivity index is 1.75. The number of likely N-dealkylation sites (tertiary alicyclic amines) is 2.